The van der Waals surface area contributed by atoms with Crippen LogP contribution in [0.3, 0.4) is 0 Å². The molecule has 102 valence electrons. The predicted octanol–water partition coefficient (Wildman–Crippen LogP) is 0.567. The summed E-state index contributed by atoms with van der Waals surface area (Å²) in [5, 5.41) is 12.4. The molecule has 2 unspecified atom stereocenters. The highest BCUT2D eigenvalue weighted by molar-refractivity contribution is 4.81. The molecule has 4 nitrogen and oxygen atoms in total. The van der Waals surface area contributed by atoms with E-state index in [-0.39, 0.29) is 25.3 Å². The van der Waals surface area contributed by atoms with Gasteiger partial charge in [-0.2, -0.15) is 0 Å². The van der Waals surface area contributed by atoms with Crippen molar-refractivity contribution >= 4 is 0 Å². The van der Waals surface area contributed by atoms with Crippen molar-refractivity contribution in [3.63, 3.8) is 0 Å². The fourth-order valence-electron chi connectivity index (χ4n) is 1.82. The minimum Gasteiger partial charge on any atom is -0.392 e. The number of nitrogens with one attached hydrogen (secondary N) is 1. The lowest BCUT2D eigenvalue weighted by molar-refractivity contribution is -0.324. The first-order valence-corrected chi connectivity index (χ1v) is 5.67. The van der Waals surface area contributed by atoms with E-state index in [4.69, 9.17) is 0 Å². The number of aliphatic hydroxyl groups excluding tert-OH is 1. The van der Waals surface area contributed by atoms with Crippen molar-refractivity contribution < 1.29 is 23.0 Å². The Morgan fingerprint density at radius 2 is 2.12 bits per heavy atom. The van der Waals surface area contributed by atoms with Gasteiger partial charge in [0.05, 0.1) is 12.7 Å². The van der Waals surface area contributed by atoms with E-state index in [2.05, 4.69) is 10.1 Å². The smallest absolute Gasteiger partial charge is 0.392 e. The van der Waals surface area contributed by atoms with Crippen molar-refractivity contribution in [1.82, 2.24) is 10.2 Å². The normalized spacial score (nSPS) is 25.8. The molecule has 0 bridgehead atoms. The third kappa shape index (κ3) is 6.82. The average molecular weight is 256 g/mol. The Balaban J connectivity index is 2.03. The van der Waals surface area contributed by atoms with Gasteiger partial charge in [0, 0.05) is 19.1 Å². The predicted molar refractivity (Wildman–Crippen MR) is 56.5 cm³/mol. The Bertz CT molecular complexity index is 226. The van der Waals surface area contributed by atoms with Crippen LogP contribution in [-0.2, 0) is 4.74 Å². The van der Waals surface area contributed by atoms with Crippen LogP contribution in [0.2, 0.25) is 0 Å². The summed E-state index contributed by atoms with van der Waals surface area (Å²) in [6.45, 7) is 1.19. The number of aliphatic hydroxyl groups is 1. The maximum Gasteiger partial charge on any atom is 0.522 e. The van der Waals surface area contributed by atoms with Gasteiger partial charge in [-0.15, -0.1) is 13.2 Å². The van der Waals surface area contributed by atoms with E-state index in [0.29, 0.717) is 19.5 Å². The molecular formula is C10H19F3N2O2. The lowest BCUT2D eigenvalue weighted by Crippen LogP contribution is -2.31. The molecule has 1 saturated heterocycles. The quantitative estimate of drug-likeness (QED) is 0.729. The number of halogens is 3. The number of ether oxygens (including phenoxy) is 1. The highest BCUT2D eigenvalue weighted by atomic mass is 19.4. The summed E-state index contributed by atoms with van der Waals surface area (Å²) in [6.07, 6.45) is -3.30. The molecule has 0 aromatic heterocycles. The SMILES string of the molecule is CN(CCOC(F)(F)F)CCC1CC(O)CN1. The van der Waals surface area contributed by atoms with E-state index in [1.165, 1.54) is 0 Å². The highest BCUT2D eigenvalue weighted by Crippen LogP contribution is 2.15. The molecule has 7 heteroatoms. The van der Waals surface area contributed by atoms with Crippen LogP contribution in [-0.4, -0.2) is 61.8 Å². The first-order valence-electron chi connectivity index (χ1n) is 5.67. The van der Waals surface area contributed by atoms with Crippen molar-refractivity contribution in [1.29, 1.82) is 0 Å². The van der Waals surface area contributed by atoms with Gasteiger partial charge >= 0.3 is 6.36 Å². The molecule has 1 heterocycles. The summed E-state index contributed by atoms with van der Waals surface area (Å²) >= 11 is 0. The topological polar surface area (TPSA) is 44.7 Å². The number of hydrogen-bond acceptors (Lipinski definition) is 4. The second-order valence-corrected chi connectivity index (χ2v) is 4.38. The number of hydrogen-bond donors (Lipinski definition) is 2. The van der Waals surface area contributed by atoms with E-state index in [1.54, 1.807) is 11.9 Å². The molecule has 2 N–H and O–H groups in total. The monoisotopic (exact) mass is 256 g/mol. The summed E-state index contributed by atoms with van der Waals surface area (Å²) in [5.74, 6) is 0. The van der Waals surface area contributed by atoms with Crippen LogP contribution in [0.1, 0.15) is 12.8 Å². The standard InChI is InChI=1S/C10H19F3N2O2/c1-15(4-5-17-10(11,12)13)3-2-8-6-9(16)7-14-8/h8-9,14,16H,2-7H2,1H3. The maximum atomic E-state index is 11.7. The molecule has 0 aromatic rings. The molecule has 2 atom stereocenters. The van der Waals surface area contributed by atoms with E-state index >= 15 is 0 Å². The van der Waals surface area contributed by atoms with E-state index < -0.39 is 6.36 Å². The first kappa shape index (κ1) is 14.7. The van der Waals surface area contributed by atoms with Crippen molar-refractivity contribution in [3.05, 3.63) is 0 Å². The van der Waals surface area contributed by atoms with E-state index in [9.17, 15) is 18.3 Å². The number of alkyl halides is 3. The van der Waals surface area contributed by atoms with Crippen LogP contribution in [0.5, 0.6) is 0 Å². The molecule has 0 spiro atoms. The third-order valence-electron chi connectivity index (χ3n) is 2.80. The van der Waals surface area contributed by atoms with E-state index in [0.717, 1.165) is 6.42 Å². The second kappa shape index (κ2) is 6.53. The molecule has 1 aliphatic heterocycles. The molecule has 17 heavy (non-hydrogen) atoms. The number of likely N-dealkylation sites (N-methyl/N-ethyl adjacent to an activating group) is 1. The van der Waals surface area contributed by atoms with Gasteiger partial charge in [-0.05, 0) is 26.4 Å². The van der Waals surface area contributed by atoms with Gasteiger partial charge in [0.25, 0.3) is 0 Å². The Labute approximate surface area is 98.7 Å². The van der Waals surface area contributed by atoms with Gasteiger partial charge < -0.3 is 15.3 Å². The van der Waals surface area contributed by atoms with Crippen molar-refractivity contribution in [2.75, 3.05) is 33.3 Å². The summed E-state index contributed by atoms with van der Waals surface area (Å²) in [6, 6.07) is 0.260. The van der Waals surface area contributed by atoms with E-state index in [1.807, 2.05) is 0 Å². The first-order chi connectivity index (χ1) is 7.87. The molecular weight excluding hydrogens is 237 g/mol. The molecule has 0 aliphatic carbocycles. The van der Waals surface area contributed by atoms with Gasteiger partial charge in [-0.1, -0.05) is 0 Å². The molecule has 0 amide bonds. The largest absolute Gasteiger partial charge is 0.522 e. The number of nitrogens with zero attached hydrogens (tertiary/aromatic N) is 1. The lowest BCUT2D eigenvalue weighted by atomic mass is 10.1. The summed E-state index contributed by atoms with van der Waals surface area (Å²) < 4.78 is 38.8. The highest BCUT2D eigenvalue weighted by Gasteiger charge is 2.28. The Morgan fingerprint density at radius 3 is 2.65 bits per heavy atom. The zero-order valence-electron chi connectivity index (χ0n) is 9.83. The fourth-order valence-corrected chi connectivity index (χ4v) is 1.82. The van der Waals surface area contributed by atoms with Crippen molar-refractivity contribution in [2.45, 2.75) is 31.3 Å². The van der Waals surface area contributed by atoms with Gasteiger partial charge in [-0.3, -0.25) is 4.74 Å². The lowest BCUT2D eigenvalue weighted by Gasteiger charge is -2.19. The summed E-state index contributed by atoms with van der Waals surface area (Å²) in [4.78, 5) is 1.79. The number of rotatable bonds is 6. The molecule has 1 aliphatic rings. The Morgan fingerprint density at radius 1 is 1.41 bits per heavy atom. The molecule has 0 saturated carbocycles. The van der Waals surface area contributed by atoms with Gasteiger partial charge in [0.2, 0.25) is 0 Å². The van der Waals surface area contributed by atoms with Crippen LogP contribution in [0.4, 0.5) is 13.2 Å². The Kier molecular flexibility index (Phi) is 5.64. The Hall–Kier alpha value is -0.370. The van der Waals surface area contributed by atoms with Crippen LogP contribution in [0.25, 0.3) is 0 Å². The minimum atomic E-state index is -4.54. The van der Waals surface area contributed by atoms with Gasteiger partial charge in [0.15, 0.2) is 0 Å². The van der Waals surface area contributed by atoms with Crippen LogP contribution in [0, 0.1) is 0 Å². The van der Waals surface area contributed by atoms with Gasteiger partial charge in [0.1, 0.15) is 0 Å². The van der Waals surface area contributed by atoms with Crippen molar-refractivity contribution in [3.8, 4) is 0 Å². The average Bonchev–Trinajstić information content (AvgIpc) is 2.59. The molecule has 1 rings (SSSR count). The third-order valence-corrected chi connectivity index (χ3v) is 2.80. The molecule has 0 aromatic carbocycles. The molecule has 0 radical (unpaired) electrons. The zero-order chi connectivity index (χ0) is 12.9. The summed E-state index contributed by atoms with van der Waals surface area (Å²) in [7, 11) is 1.76. The zero-order valence-corrected chi connectivity index (χ0v) is 9.83. The summed E-state index contributed by atoms with van der Waals surface area (Å²) in [5.41, 5.74) is 0. The minimum absolute atomic E-state index is 0.245. The maximum absolute atomic E-state index is 11.7. The van der Waals surface area contributed by atoms with Gasteiger partial charge in [-0.25, -0.2) is 0 Å². The van der Waals surface area contributed by atoms with Crippen LogP contribution >= 0.6 is 0 Å². The second-order valence-electron chi connectivity index (χ2n) is 4.38. The fraction of sp³-hybridized carbons (Fsp3) is 1.00. The number of β-amino-alcohol motifs (C(OH)–C–C–N with tert-alkyl or cyclic N) is 1. The van der Waals surface area contributed by atoms with Crippen LogP contribution < -0.4 is 5.32 Å². The van der Waals surface area contributed by atoms with Crippen LogP contribution in [0.15, 0.2) is 0 Å². The van der Waals surface area contributed by atoms with Crippen molar-refractivity contribution in [2.24, 2.45) is 0 Å². The molecule has 1 fully saturated rings.